The molecule has 0 saturated carbocycles. The molecule has 0 aliphatic carbocycles. The molecule has 0 saturated heterocycles. The van der Waals surface area contributed by atoms with E-state index in [-0.39, 0.29) is 11.3 Å². The monoisotopic (exact) mass is 270 g/mol. The van der Waals surface area contributed by atoms with Crippen LogP contribution in [0.15, 0.2) is 42.5 Å². The molecule has 4 nitrogen and oxygen atoms in total. The Morgan fingerprint density at radius 2 is 1.75 bits per heavy atom. The van der Waals surface area contributed by atoms with Crippen molar-refractivity contribution in [2.75, 3.05) is 11.1 Å². The van der Waals surface area contributed by atoms with Gasteiger partial charge in [0.05, 0.1) is 16.9 Å². The summed E-state index contributed by atoms with van der Waals surface area (Å²) in [6, 6.07) is 12.9. The first kappa shape index (κ1) is 13.9. The maximum atomic E-state index is 11.1. The van der Waals surface area contributed by atoms with Gasteiger partial charge in [0.2, 0.25) is 0 Å². The van der Waals surface area contributed by atoms with Crippen molar-refractivity contribution >= 4 is 23.0 Å². The van der Waals surface area contributed by atoms with Crippen LogP contribution in [0.5, 0.6) is 0 Å². The van der Waals surface area contributed by atoms with Gasteiger partial charge < -0.3 is 16.2 Å². The van der Waals surface area contributed by atoms with Crippen LogP contribution in [0.3, 0.4) is 0 Å². The predicted octanol–water partition coefficient (Wildman–Crippen LogP) is 3.83. The third-order valence-corrected chi connectivity index (χ3v) is 3.19. The number of para-hydroxylation sites is 2. The van der Waals surface area contributed by atoms with Crippen molar-refractivity contribution in [3.63, 3.8) is 0 Å². The van der Waals surface area contributed by atoms with Crippen LogP contribution in [0.1, 0.15) is 35.7 Å². The quantitative estimate of drug-likeness (QED) is 0.738. The van der Waals surface area contributed by atoms with Gasteiger partial charge in [0.15, 0.2) is 0 Å². The molecule has 2 aromatic rings. The zero-order valence-electron chi connectivity index (χ0n) is 11.6. The molecule has 0 bridgehead atoms. The molecular weight excluding hydrogens is 252 g/mol. The minimum Gasteiger partial charge on any atom is -0.478 e. The standard InChI is InChI=1S/C16H18N2O2/c1-10(2)11-6-3-4-8-13(11)18-14-9-5-7-12(15(14)17)16(19)20/h3-10,18H,17H2,1-2H3,(H,19,20). The van der Waals surface area contributed by atoms with E-state index in [9.17, 15) is 4.79 Å². The maximum absolute atomic E-state index is 11.1. The molecular formula is C16H18N2O2. The molecule has 0 unspecified atom stereocenters. The van der Waals surface area contributed by atoms with Crippen molar-refractivity contribution in [3.05, 3.63) is 53.6 Å². The van der Waals surface area contributed by atoms with Gasteiger partial charge in [-0.25, -0.2) is 4.79 Å². The molecule has 4 heteroatoms. The van der Waals surface area contributed by atoms with Crippen LogP contribution in [0.4, 0.5) is 17.1 Å². The highest BCUT2D eigenvalue weighted by Crippen LogP contribution is 2.30. The van der Waals surface area contributed by atoms with Gasteiger partial charge in [0.1, 0.15) is 0 Å². The van der Waals surface area contributed by atoms with Crippen molar-refractivity contribution in [2.45, 2.75) is 19.8 Å². The van der Waals surface area contributed by atoms with Crippen molar-refractivity contribution in [2.24, 2.45) is 0 Å². The molecule has 0 atom stereocenters. The summed E-state index contributed by atoms with van der Waals surface area (Å²) < 4.78 is 0. The van der Waals surface area contributed by atoms with Gasteiger partial charge in [0.25, 0.3) is 0 Å². The molecule has 2 rings (SSSR count). The number of aromatic carboxylic acids is 1. The SMILES string of the molecule is CC(C)c1ccccc1Nc1cccc(C(=O)O)c1N. The first-order valence-electron chi connectivity index (χ1n) is 6.48. The average Bonchev–Trinajstić information content (AvgIpc) is 2.41. The fourth-order valence-electron chi connectivity index (χ4n) is 2.12. The largest absolute Gasteiger partial charge is 0.478 e. The van der Waals surface area contributed by atoms with E-state index in [1.807, 2.05) is 24.3 Å². The molecule has 104 valence electrons. The van der Waals surface area contributed by atoms with Gasteiger partial charge in [-0.3, -0.25) is 0 Å². The number of carboxylic acids is 1. The molecule has 2 aromatic carbocycles. The first-order chi connectivity index (χ1) is 9.50. The molecule has 0 radical (unpaired) electrons. The lowest BCUT2D eigenvalue weighted by molar-refractivity contribution is 0.0698. The Morgan fingerprint density at radius 3 is 2.40 bits per heavy atom. The topological polar surface area (TPSA) is 75.3 Å². The molecule has 0 fully saturated rings. The number of nitrogens with one attached hydrogen (secondary N) is 1. The van der Waals surface area contributed by atoms with E-state index in [4.69, 9.17) is 10.8 Å². The lowest BCUT2D eigenvalue weighted by Gasteiger charge is -2.16. The normalized spacial score (nSPS) is 10.6. The molecule has 0 aliphatic rings. The van der Waals surface area contributed by atoms with Gasteiger partial charge in [-0.15, -0.1) is 0 Å². The number of carbonyl (C=O) groups is 1. The maximum Gasteiger partial charge on any atom is 0.337 e. The van der Waals surface area contributed by atoms with E-state index in [2.05, 4.69) is 19.2 Å². The summed E-state index contributed by atoms with van der Waals surface area (Å²) in [5, 5.41) is 12.3. The zero-order chi connectivity index (χ0) is 14.7. The van der Waals surface area contributed by atoms with Gasteiger partial charge in [-0.2, -0.15) is 0 Å². The molecule has 0 spiro atoms. The van der Waals surface area contributed by atoms with E-state index in [1.54, 1.807) is 12.1 Å². The number of nitrogens with two attached hydrogens (primary N) is 1. The van der Waals surface area contributed by atoms with E-state index < -0.39 is 5.97 Å². The Morgan fingerprint density at radius 1 is 1.10 bits per heavy atom. The smallest absolute Gasteiger partial charge is 0.337 e. The summed E-state index contributed by atoms with van der Waals surface area (Å²) in [6.07, 6.45) is 0. The van der Waals surface area contributed by atoms with Gasteiger partial charge in [-0.1, -0.05) is 38.1 Å². The number of anilines is 3. The number of rotatable bonds is 4. The van der Waals surface area contributed by atoms with Crippen LogP contribution in [-0.2, 0) is 0 Å². The summed E-state index contributed by atoms with van der Waals surface area (Å²) in [6.45, 7) is 4.22. The second-order valence-electron chi connectivity index (χ2n) is 4.94. The Balaban J connectivity index is 2.41. The number of hydrogen-bond acceptors (Lipinski definition) is 3. The molecule has 0 heterocycles. The fourth-order valence-corrected chi connectivity index (χ4v) is 2.12. The van der Waals surface area contributed by atoms with Crippen LogP contribution in [0.25, 0.3) is 0 Å². The number of carboxylic acid groups (broad SMARTS) is 1. The third-order valence-electron chi connectivity index (χ3n) is 3.19. The summed E-state index contributed by atoms with van der Waals surface area (Å²) in [5.41, 5.74) is 8.98. The van der Waals surface area contributed by atoms with E-state index >= 15 is 0 Å². The van der Waals surface area contributed by atoms with Crippen LogP contribution >= 0.6 is 0 Å². The average molecular weight is 270 g/mol. The highest BCUT2D eigenvalue weighted by atomic mass is 16.4. The molecule has 0 aliphatic heterocycles. The minimum absolute atomic E-state index is 0.108. The third kappa shape index (κ3) is 2.74. The van der Waals surface area contributed by atoms with E-state index in [1.165, 1.54) is 6.07 Å². The van der Waals surface area contributed by atoms with Crippen molar-refractivity contribution in [1.82, 2.24) is 0 Å². The Hall–Kier alpha value is -2.49. The number of nitrogen functional groups attached to an aromatic ring is 1. The van der Waals surface area contributed by atoms with E-state index in [0.717, 1.165) is 11.3 Å². The summed E-state index contributed by atoms with van der Waals surface area (Å²) in [5.74, 6) is -0.661. The van der Waals surface area contributed by atoms with Crippen molar-refractivity contribution in [1.29, 1.82) is 0 Å². The van der Waals surface area contributed by atoms with Crippen LogP contribution in [0, 0.1) is 0 Å². The molecule has 4 N–H and O–H groups in total. The summed E-state index contributed by atoms with van der Waals surface area (Å²) in [4.78, 5) is 11.1. The molecule has 0 aromatic heterocycles. The summed E-state index contributed by atoms with van der Waals surface area (Å²) >= 11 is 0. The second kappa shape index (κ2) is 5.65. The van der Waals surface area contributed by atoms with Crippen LogP contribution in [0.2, 0.25) is 0 Å². The number of hydrogen-bond donors (Lipinski definition) is 3. The lowest BCUT2D eigenvalue weighted by Crippen LogP contribution is -2.06. The minimum atomic E-state index is -1.02. The second-order valence-corrected chi connectivity index (χ2v) is 4.94. The van der Waals surface area contributed by atoms with Gasteiger partial charge >= 0.3 is 5.97 Å². The van der Waals surface area contributed by atoms with Crippen molar-refractivity contribution < 1.29 is 9.90 Å². The molecule has 0 amide bonds. The summed E-state index contributed by atoms with van der Waals surface area (Å²) in [7, 11) is 0. The fraction of sp³-hybridized carbons (Fsp3) is 0.188. The van der Waals surface area contributed by atoms with Gasteiger partial charge in [0, 0.05) is 5.69 Å². The highest BCUT2D eigenvalue weighted by Gasteiger charge is 2.12. The van der Waals surface area contributed by atoms with E-state index in [0.29, 0.717) is 11.6 Å². The predicted molar refractivity (Wildman–Crippen MR) is 81.6 cm³/mol. The molecule has 20 heavy (non-hydrogen) atoms. The lowest BCUT2D eigenvalue weighted by atomic mass is 10.0. The number of benzene rings is 2. The zero-order valence-corrected chi connectivity index (χ0v) is 11.6. The van der Waals surface area contributed by atoms with Crippen LogP contribution in [-0.4, -0.2) is 11.1 Å². The van der Waals surface area contributed by atoms with Crippen molar-refractivity contribution in [3.8, 4) is 0 Å². The Bertz CT molecular complexity index is 636. The Labute approximate surface area is 118 Å². The highest BCUT2D eigenvalue weighted by molar-refractivity contribution is 5.97. The van der Waals surface area contributed by atoms with Crippen LogP contribution < -0.4 is 11.1 Å². The first-order valence-corrected chi connectivity index (χ1v) is 6.48. The Kier molecular flexibility index (Phi) is 3.94. The van der Waals surface area contributed by atoms with Gasteiger partial charge in [-0.05, 0) is 29.7 Å².